The maximum absolute atomic E-state index is 11.1. The molecule has 1 amide bonds. The van der Waals surface area contributed by atoms with Crippen molar-refractivity contribution in [3.8, 4) is 5.75 Å². The van der Waals surface area contributed by atoms with Crippen molar-refractivity contribution >= 4 is 23.2 Å². The molecule has 0 radical (unpaired) electrons. The molecule has 0 saturated carbocycles. The molecule has 0 bridgehead atoms. The summed E-state index contributed by atoms with van der Waals surface area (Å²) in [5.41, 5.74) is 6.68. The van der Waals surface area contributed by atoms with E-state index in [0.717, 1.165) is 22.2 Å². The maximum Gasteiger partial charge on any atom is 0.427 e. The second kappa shape index (κ2) is 8.40. The Morgan fingerprint density at radius 3 is 2.67 bits per heavy atom. The van der Waals surface area contributed by atoms with Crippen LogP contribution in [0.2, 0.25) is 0 Å². The lowest BCUT2D eigenvalue weighted by Gasteiger charge is -2.10. The normalized spacial score (nSPS) is 11.1. The Morgan fingerprint density at radius 2 is 1.93 bits per heavy atom. The highest BCUT2D eigenvalue weighted by Crippen LogP contribution is 2.21. The fourth-order valence-corrected chi connectivity index (χ4v) is 3.04. The summed E-state index contributed by atoms with van der Waals surface area (Å²) in [6, 6.07) is 14.3. The molecule has 3 aromatic rings. The van der Waals surface area contributed by atoms with Gasteiger partial charge in [0, 0.05) is 22.7 Å². The van der Waals surface area contributed by atoms with Crippen LogP contribution in [0.1, 0.15) is 16.7 Å². The summed E-state index contributed by atoms with van der Waals surface area (Å²) in [5.74, 6) is 0.882. The van der Waals surface area contributed by atoms with Gasteiger partial charge in [0.25, 0.3) is 0 Å². The number of carbonyl (C=O) groups is 1. The summed E-state index contributed by atoms with van der Waals surface area (Å²) in [6.45, 7) is 5.38. The molecule has 3 rings (SSSR count). The lowest BCUT2D eigenvalue weighted by atomic mass is 10.1. The van der Waals surface area contributed by atoms with Crippen molar-refractivity contribution in [2.45, 2.75) is 20.4 Å². The molecule has 0 atom stereocenters. The first-order valence-corrected chi connectivity index (χ1v) is 8.73. The number of fused-ring (bicyclic) bond motifs is 1. The van der Waals surface area contributed by atoms with Crippen LogP contribution in [0.3, 0.4) is 0 Å². The number of carbonyl (C=O) groups excluding carboxylic acids is 1. The van der Waals surface area contributed by atoms with Gasteiger partial charge in [-0.1, -0.05) is 24.3 Å². The van der Waals surface area contributed by atoms with E-state index in [9.17, 15) is 4.79 Å². The molecule has 6 heteroatoms. The van der Waals surface area contributed by atoms with Crippen LogP contribution < -0.4 is 10.2 Å². The average Bonchev–Trinajstić information content (AvgIpc) is 2.99. The number of amides is 1. The number of methoxy groups -OCH3 is 1. The Balaban J connectivity index is 1.73. The van der Waals surface area contributed by atoms with Gasteiger partial charge >= 0.3 is 6.09 Å². The quantitative estimate of drug-likeness (QED) is 0.530. The van der Waals surface area contributed by atoms with Crippen LogP contribution in [-0.2, 0) is 11.3 Å². The third kappa shape index (κ3) is 4.67. The highest BCUT2D eigenvalue weighted by atomic mass is 16.5. The summed E-state index contributed by atoms with van der Waals surface area (Å²) in [7, 11) is 1.30. The van der Waals surface area contributed by atoms with E-state index in [4.69, 9.17) is 4.74 Å². The molecule has 0 unspecified atom stereocenters. The minimum atomic E-state index is -0.600. The number of nitrogens with one attached hydrogen (secondary N) is 1. The van der Waals surface area contributed by atoms with Crippen molar-refractivity contribution in [1.29, 1.82) is 0 Å². The molecular formula is C21H23N3O3. The van der Waals surface area contributed by atoms with Crippen molar-refractivity contribution in [2.75, 3.05) is 13.7 Å². The Kier molecular flexibility index (Phi) is 5.76. The number of aromatic nitrogens is 1. The third-order valence-corrected chi connectivity index (χ3v) is 4.16. The standard InChI is InChI=1S/C21H23N3O3/c1-15-10-16(2)12-18(11-15)27-9-8-24-14-17(13-22-23-21(25)26-3)19-6-4-5-7-20(19)24/h4-7,10-14H,8-9H2,1-3H3,(H,23,25). The van der Waals surface area contributed by atoms with Crippen molar-refractivity contribution in [2.24, 2.45) is 5.10 Å². The van der Waals surface area contributed by atoms with Crippen molar-refractivity contribution in [3.63, 3.8) is 0 Å². The van der Waals surface area contributed by atoms with Crippen molar-refractivity contribution < 1.29 is 14.3 Å². The zero-order valence-corrected chi connectivity index (χ0v) is 15.7. The summed E-state index contributed by atoms with van der Waals surface area (Å²) >= 11 is 0. The Bertz CT molecular complexity index is 956. The topological polar surface area (TPSA) is 64.8 Å². The number of benzene rings is 2. The first kappa shape index (κ1) is 18.5. The van der Waals surface area contributed by atoms with Gasteiger partial charge in [0.2, 0.25) is 0 Å². The van der Waals surface area contributed by atoms with Crippen LogP contribution in [0, 0.1) is 13.8 Å². The molecule has 0 fully saturated rings. The van der Waals surface area contributed by atoms with Gasteiger partial charge in [-0.25, -0.2) is 10.2 Å². The van der Waals surface area contributed by atoms with Gasteiger partial charge in [-0.05, 0) is 43.2 Å². The highest BCUT2D eigenvalue weighted by Gasteiger charge is 2.07. The van der Waals surface area contributed by atoms with E-state index >= 15 is 0 Å². The third-order valence-electron chi connectivity index (χ3n) is 4.16. The zero-order valence-electron chi connectivity index (χ0n) is 15.7. The SMILES string of the molecule is COC(=O)NN=Cc1cn(CCOc2cc(C)cc(C)c2)c2ccccc12. The van der Waals surface area contributed by atoms with E-state index in [1.165, 1.54) is 18.2 Å². The zero-order chi connectivity index (χ0) is 19.2. The molecule has 0 aliphatic rings. The Labute approximate surface area is 158 Å². The van der Waals surface area contributed by atoms with Crippen LogP contribution in [0.5, 0.6) is 5.75 Å². The van der Waals surface area contributed by atoms with E-state index in [-0.39, 0.29) is 0 Å². The van der Waals surface area contributed by atoms with Gasteiger partial charge in [-0.2, -0.15) is 5.10 Å². The number of hydrogen-bond donors (Lipinski definition) is 1. The molecule has 1 N–H and O–H groups in total. The second-order valence-corrected chi connectivity index (χ2v) is 6.33. The van der Waals surface area contributed by atoms with E-state index in [1.54, 1.807) is 6.21 Å². The minimum absolute atomic E-state index is 0.554. The molecule has 0 spiro atoms. The van der Waals surface area contributed by atoms with Gasteiger partial charge in [-0.3, -0.25) is 0 Å². The molecule has 1 aromatic heterocycles. The summed E-state index contributed by atoms with van der Waals surface area (Å²) < 4.78 is 12.6. The van der Waals surface area contributed by atoms with Crippen LogP contribution in [0.25, 0.3) is 10.9 Å². The number of aryl methyl sites for hydroxylation is 2. The summed E-state index contributed by atoms with van der Waals surface area (Å²) in [6.07, 6.45) is 3.01. The fraction of sp³-hybridized carbons (Fsp3) is 0.238. The number of para-hydroxylation sites is 1. The maximum atomic E-state index is 11.1. The highest BCUT2D eigenvalue weighted by molar-refractivity contribution is 5.99. The van der Waals surface area contributed by atoms with E-state index < -0.39 is 6.09 Å². The summed E-state index contributed by atoms with van der Waals surface area (Å²) in [4.78, 5) is 11.1. The van der Waals surface area contributed by atoms with Crippen molar-refractivity contribution in [3.05, 3.63) is 65.4 Å². The van der Waals surface area contributed by atoms with E-state index in [1.807, 2.05) is 36.5 Å². The average molecular weight is 365 g/mol. The number of nitrogens with zero attached hydrogens (tertiary/aromatic N) is 2. The van der Waals surface area contributed by atoms with Gasteiger partial charge in [0.05, 0.1) is 19.9 Å². The number of ether oxygens (including phenoxy) is 2. The molecule has 140 valence electrons. The predicted molar refractivity (Wildman–Crippen MR) is 106 cm³/mol. The monoisotopic (exact) mass is 365 g/mol. The Hall–Kier alpha value is -3.28. The lowest BCUT2D eigenvalue weighted by Crippen LogP contribution is -2.16. The largest absolute Gasteiger partial charge is 0.492 e. The fourth-order valence-electron chi connectivity index (χ4n) is 3.04. The predicted octanol–water partition coefficient (Wildman–Crippen LogP) is 4.03. The van der Waals surface area contributed by atoms with Crippen LogP contribution in [-0.4, -0.2) is 30.6 Å². The number of hydrogen-bond acceptors (Lipinski definition) is 4. The first-order valence-electron chi connectivity index (χ1n) is 8.73. The molecule has 2 aromatic carbocycles. The lowest BCUT2D eigenvalue weighted by molar-refractivity contribution is 0.171. The van der Waals surface area contributed by atoms with Gasteiger partial charge in [0.1, 0.15) is 12.4 Å². The number of hydrazone groups is 1. The first-order chi connectivity index (χ1) is 13.1. The molecule has 1 heterocycles. The molecule has 0 aliphatic carbocycles. The van der Waals surface area contributed by atoms with Gasteiger partial charge < -0.3 is 14.0 Å². The van der Waals surface area contributed by atoms with E-state index in [0.29, 0.717) is 13.2 Å². The van der Waals surface area contributed by atoms with Crippen molar-refractivity contribution in [1.82, 2.24) is 9.99 Å². The molecule has 0 saturated heterocycles. The van der Waals surface area contributed by atoms with Crippen LogP contribution >= 0.6 is 0 Å². The minimum Gasteiger partial charge on any atom is -0.492 e. The molecule has 27 heavy (non-hydrogen) atoms. The van der Waals surface area contributed by atoms with Crippen LogP contribution in [0.4, 0.5) is 4.79 Å². The molecule has 0 aliphatic heterocycles. The van der Waals surface area contributed by atoms with Crippen LogP contribution in [0.15, 0.2) is 53.8 Å². The molecule has 6 nitrogen and oxygen atoms in total. The van der Waals surface area contributed by atoms with Gasteiger partial charge in [-0.15, -0.1) is 0 Å². The smallest absolute Gasteiger partial charge is 0.427 e. The summed E-state index contributed by atoms with van der Waals surface area (Å²) in [5, 5.41) is 4.98. The van der Waals surface area contributed by atoms with Gasteiger partial charge in [0.15, 0.2) is 0 Å². The van der Waals surface area contributed by atoms with E-state index in [2.05, 4.69) is 45.8 Å². The molecular weight excluding hydrogens is 342 g/mol. The number of rotatable bonds is 6. The second-order valence-electron chi connectivity index (χ2n) is 6.33. The Morgan fingerprint density at radius 1 is 1.19 bits per heavy atom.